The van der Waals surface area contributed by atoms with Crippen molar-refractivity contribution >= 4 is 0 Å². The molecule has 0 aliphatic heterocycles. The number of hydrogen-bond acceptors (Lipinski definition) is 1. The first-order valence-electron chi connectivity index (χ1n) is 9.81. The molecule has 29 heavy (non-hydrogen) atoms. The second-order valence-electron chi connectivity index (χ2n) is 6.89. The maximum atomic E-state index is 9.54. The highest BCUT2D eigenvalue weighted by Gasteiger charge is 2.13. The van der Waals surface area contributed by atoms with E-state index < -0.39 is 0 Å². The Hall–Kier alpha value is -3.60. The zero-order valence-electron chi connectivity index (χ0n) is 16.2. The summed E-state index contributed by atoms with van der Waals surface area (Å²) in [6.45, 7) is 0.123. The van der Waals surface area contributed by atoms with Crippen molar-refractivity contribution < 1.29 is 5.11 Å². The SMILES string of the molecule is OCCc1cc(-c2ccccc2)c(C#Cc2ccccc2)c(-c2ccccc2)c1. The van der Waals surface area contributed by atoms with Crippen molar-refractivity contribution in [2.45, 2.75) is 6.42 Å². The average Bonchev–Trinajstić information content (AvgIpc) is 2.80. The van der Waals surface area contributed by atoms with Crippen LogP contribution >= 0.6 is 0 Å². The third-order valence-corrected chi connectivity index (χ3v) is 4.87. The summed E-state index contributed by atoms with van der Waals surface area (Å²) < 4.78 is 0. The quantitative estimate of drug-likeness (QED) is 0.437. The summed E-state index contributed by atoms with van der Waals surface area (Å²) in [6.07, 6.45) is 0.617. The second kappa shape index (κ2) is 9.06. The van der Waals surface area contributed by atoms with Gasteiger partial charge in [0, 0.05) is 17.7 Å². The van der Waals surface area contributed by atoms with Gasteiger partial charge in [-0.25, -0.2) is 0 Å². The van der Waals surface area contributed by atoms with Gasteiger partial charge in [0.05, 0.1) is 0 Å². The first-order chi connectivity index (χ1) is 14.3. The molecule has 0 aliphatic rings. The molecule has 0 unspecified atom stereocenters. The lowest BCUT2D eigenvalue weighted by atomic mass is 9.89. The summed E-state index contributed by atoms with van der Waals surface area (Å²) in [6, 6.07) is 35.1. The number of rotatable bonds is 4. The van der Waals surface area contributed by atoms with Crippen molar-refractivity contribution in [1.29, 1.82) is 0 Å². The minimum absolute atomic E-state index is 0.123. The van der Waals surface area contributed by atoms with Crippen molar-refractivity contribution in [2.24, 2.45) is 0 Å². The molecular weight excluding hydrogens is 352 g/mol. The summed E-state index contributed by atoms with van der Waals surface area (Å²) in [5.41, 5.74) is 7.55. The van der Waals surface area contributed by atoms with Crippen LogP contribution in [0, 0.1) is 11.8 Å². The Kier molecular flexibility index (Phi) is 5.86. The lowest BCUT2D eigenvalue weighted by molar-refractivity contribution is 0.299. The van der Waals surface area contributed by atoms with E-state index in [9.17, 15) is 5.11 Å². The molecule has 140 valence electrons. The molecule has 1 nitrogen and oxygen atoms in total. The Labute approximate surface area is 172 Å². The van der Waals surface area contributed by atoms with E-state index in [0.29, 0.717) is 6.42 Å². The van der Waals surface area contributed by atoms with Crippen LogP contribution in [0.25, 0.3) is 22.3 Å². The second-order valence-corrected chi connectivity index (χ2v) is 6.89. The lowest BCUT2D eigenvalue weighted by Crippen LogP contribution is -1.97. The van der Waals surface area contributed by atoms with Crippen molar-refractivity contribution in [3.63, 3.8) is 0 Å². The summed E-state index contributed by atoms with van der Waals surface area (Å²) in [5, 5.41) is 9.54. The van der Waals surface area contributed by atoms with E-state index in [1.807, 2.05) is 66.7 Å². The zero-order valence-corrected chi connectivity index (χ0v) is 16.2. The van der Waals surface area contributed by atoms with Gasteiger partial charge in [0.2, 0.25) is 0 Å². The van der Waals surface area contributed by atoms with Crippen LogP contribution in [0.2, 0.25) is 0 Å². The molecule has 0 heterocycles. The molecule has 0 spiro atoms. The summed E-state index contributed by atoms with van der Waals surface area (Å²) in [7, 11) is 0. The molecule has 0 bridgehead atoms. The normalized spacial score (nSPS) is 10.2. The van der Waals surface area contributed by atoms with Crippen LogP contribution in [-0.2, 0) is 6.42 Å². The van der Waals surface area contributed by atoms with E-state index in [0.717, 1.165) is 38.9 Å². The predicted molar refractivity (Wildman–Crippen MR) is 121 cm³/mol. The van der Waals surface area contributed by atoms with Crippen LogP contribution in [-0.4, -0.2) is 11.7 Å². The molecule has 0 radical (unpaired) electrons. The molecule has 4 aromatic rings. The van der Waals surface area contributed by atoms with Crippen molar-refractivity contribution in [1.82, 2.24) is 0 Å². The Morgan fingerprint density at radius 2 is 1.07 bits per heavy atom. The van der Waals surface area contributed by atoms with Crippen LogP contribution in [0.4, 0.5) is 0 Å². The van der Waals surface area contributed by atoms with E-state index in [4.69, 9.17) is 0 Å². The van der Waals surface area contributed by atoms with E-state index in [-0.39, 0.29) is 6.61 Å². The molecular formula is C28H22O. The van der Waals surface area contributed by atoms with Crippen molar-refractivity contribution in [3.8, 4) is 34.1 Å². The fraction of sp³-hybridized carbons (Fsp3) is 0.0714. The highest BCUT2D eigenvalue weighted by molar-refractivity contribution is 5.83. The maximum Gasteiger partial charge on any atom is 0.0471 e. The summed E-state index contributed by atoms with van der Waals surface area (Å²) >= 11 is 0. The third kappa shape index (κ3) is 4.46. The molecule has 0 fully saturated rings. The molecule has 0 aliphatic carbocycles. The Morgan fingerprint density at radius 3 is 1.55 bits per heavy atom. The first kappa shape index (κ1) is 18.7. The fourth-order valence-corrected chi connectivity index (χ4v) is 3.46. The molecule has 1 heteroatoms. The summed E-state index contributed by atoms with van der Waals surface area (Å²) in [5.74, 6) is 6.79. The van der Waals surface area contributed by atoms with Gasteiger partial charge in [0.15, 0.2) is 0 Å². The molecule has 4 aromatic carbocycles. The molecule has 0 saturated heterocycles. The van der Waals surface area contributed by atoms with Crippen molar-refractivity contribution in [2.75, 3.05) is 6.61 Å². The standard InChI is InChI=1S/C28H22O/c29-19-18-23-20-27(24-12-6-2-7-13-24)26(17-16-22-10-4-1-5-11-22)28(21-23)25-14-8-3-9-15-25/h1-15,20-21,29H,18-19H2. The zero-order chi connectivity index (χ0) is 19.9. The van der Waals surface area contributed by atoms with Gasteiger partial charge in [-0.1, -0.05) is 90.7 Å². The molecule has 1 N–H and O–H groups in total. The average molecular weight is 374 g/mol. The summed E-state index contributed by atoms with van der Waals surface area (Å²) in [4.78, 5) is 0. The monoisotopic (exact) mass is 374 g/mol. The molecule has 0 amide bonds. The predicted octanol–water partition coefficient (Wildman–Crippen LogP) is 5.96. The van der Waals surface area contributed by atoms with E-state index in [1.54, 1.807) is 0 Å². The van der Waals surface area contributed by atoms with Gasteiger partial charge < -0.3 is 5.11 Å². The van der Waals surface area contributed by atoms with Gasteiger partial charge in [0.25, 0.3) is 0 Å². The largest absolute Gasteiger partial charge is 0.396 e. The Bertz CT molecular complexity index is 1070. The van der Waals surface area contributed by atoms with Gasteiger partial charge in [-0.15, -0.1) is 0 Å². The molecule has 4 rings (SSSR count). The van der Waals surface area contributed by atoms with Gasteiger partial charge in [-0.05, 0) is 58.5 Å². The highest BCUT2D eigenvalue weighted by atomic mass is 16.2. The maximum absolute atomic E-state index is 9.54. The van der Waals surface area contributed by atoms with Crippen LogP contribution in [0.15, 0.2) is 103 Å². The van der Waals surface area contributed by atoms with Gasteiger partial charge in [-0.2, -0.15) is 0 Å². The van der Waals surface area contributed by atoms with Gasteiger partial charge in [0.1, 0.15) is 0 Å². The van der Waals surface area contributed by atoms with Gasteiger partial charge >= 0.3 is 0 Å². The van der Waals surface area contributed by atoms with E-state index in [2.05, 4.69) is 48.2 Å². The number of aliphatic hydroxyl groups is 1. The van der Waals surface area contributed by atoms with Gasteiger partial charge in [-0.3, -0.25) is 0 Å². The Morgan fingerprint density at radius 1 is 0.586 bits per heavy atom. The first-order valence-corrected chi connectivity index (χ1v) is 9.81. The minimum atomic E-state index is 0.123. The smallest absolute Gasteiger partial charge is 0.0471 e. The number of hydrogen-bond donors (Lipinski definition) is 1. The minimum Gasteiger partial charge on any atom is -0.396 e. The van der Waals surface area contributed by atoms with Crippen LogP contribution in [0.3, 0.4) is 0 Å². The van der Waals surface area contributed by atoms with Crippen molar-refractivity contribution in [3.05, 3.63) is 120 Å². The van der Waals surface area contributed by atoms with E-state index >= 15 is 0 Å². The molecule has 0 aromatic heterocycles. The molecule has 0 saturated carbocycles. The topological polar surface area (TPSA) is 20.2 Å². The number of benzene rings is 4. The third-order valence-electron chi connectivity index (χ3n) is 4.87. The van der Waals surface area contributed by atoms with Crippen LogP contribution < -0.4 is 0 Å². The van der Waals surface area contributed by atoms with Crippen LogP contribution in [0.5, 0.6) is 0 Å². The lowest BCUT2D eigenvalue weighted by Gasteiger charge is -2.14. The molecule has 0 atom stereocenters. The Balaban J connectivity index is 1.98. The highest BCUT2D eigenvalue weighted by Crippen LogP contribution is 2.33. The van der Waals surface area contributed by atoms with Crippen LogP contribution in [0.1, 0.15) is 16.7 Å². The van der Waals surface area contributed by atoms with E-state index in [1.165, 1.54) is 0 Å². The fourth-order valence-electron chi connectivity index (χ4n) is 3.46. The number of aliphatic hydroxyl groups excluding tert-OH is 1.